The van der Waals surface area contributed by atoms with Gasteiger partial charge in [0, 0.05) is 10.5 Å². The molecular weight excluding hydrogens is 280 g/mol. The fourth-order valence-electron chi connectivity index (χ4n) is 6.52. The maximum Gasteiger partial charge on any atom is 0.00784 e. The Bertz CT molecular complexity index is 314. The molecular formula is C18H28S2. The predicted molar refractivity (Wildman–Crippen MR) is 90.4 cm³/mol. The van der Waals surface area contributed by atoms with Crippen LogP contribution in [0.25, 0.3) is 0 Å². The van der Waals surface area contributed by atoms with Gasteiger partial charge in [0.05, 0.1) is 0 Å². The van der Waals surface area contributed by atoms with Crippen LogP contribution in [-0.4, -0.2) is 22.0 Å². The summed E-state index contributed by atoms with van der Waals surface area (Å²) in [6, 6.07) is 0. The molecule has 0 N–H and O–H groups in total. The molecule has 5 rings (SSSR count). The lowest BCUT2D eigenvalue weighted by molar-refractivity contribution is 0.0273. The molecule has 0 aromatic heterocycles. The Hall–Kier alpha value is 0.700. The average Bonchev–Trinajstić information content (AvgIpc) is 3.07. The number of hydrogen-bond acceptors (Lipinski definition) is 2. The molecule has 0 aromatic carbocycles. The summed E-state index contributed by atoms with van der Waals surface area (Å²) in [5.41, 5.74) is 0. The van der Waals surface area contributed by atoms with Crippen LogP contribution in [0.4, 0.5) is 0 Å². The van der Waals surface area contributed by atoms with E-state index in [0.29, 0.717) is 0 Å². The zero-order valence-corrected chi connectivity index (χ0v) is 14.1. The quantitative estimate of drug-likeness (QED) is 0.612. The largest absolute Gasteiger partial charge is 0.158 e. The van der Waals surface area contributed by atoms with Gasteiger partial charge in [-0.15, -0.1) is 0 Å². The van der Waals surface area contributed by atoms with Crippen LogP contribution in [0.1, 0.15) is 51.4 Å². The minimum absolute atomic E-state index is 1.08. The zero-order chi connectivity index (χ0) is 13.1. The highest BCUT2D eigenvalue weighted by atomic mass is 32.2. The zero-order valence-electron chi connectivity index (χ0n) is 12.5. The Morgan fingerprint density at radius 3 is 1.35 bits per heavy atom. The van der Waals surface area contributed by atoms with Gasteiger partial charge in [-0.25, -0.2) is 0 Å². The summed E-state index contributed by atoms with van der Waals surface area (Å²) >= 11 is 4.65. The van der Waals surface area contributed by atoms with Gasteiger partial charge in [-0.1, -0.05) is 0 Å². The second kappa shape index (κ2) is 5.11. The molecule has 0 bridgehead atoms. The first-order valence-corrected chi connectivity index (χ1v) is 11.2. The normalized spacial score (nSPS) is 57.6. The first-order valence-electron chi connectivity index (χ1n) is 9.10. The molecule has 3 saturated carbocycles. The van der Waals surface area contributed by atoms with Gasteiger partial charge in [-0.05, 0) is 98.4 Å². The number of hydrogen-bond donors (Lipinski definition) is 0. The van der Waals surface area contributed by atoms with Crippen LogP contribution in [-0.2, 0) is 0 Å². The maximum atomic E-state index is 2.32. The van der Waals surface area contributed by atoms with E-state index in [1.807, 2.05) is 0 Å². The minimum Gasteiger partial charge on any atom is -0.158 e. The standard InChI is InChI=1S/C18H28S2/c1-3-19-17-9-15-8-14-6-12-2-4-20-18(12)10-16(14)7-13(15)5-11(1)17/h11-18H,1-10H2. The van der Waals surface area contributed by atoms with Crippen molar-refractivity contribution in [3.63, 3.8) is 0 Å². The fraction of sp³-hybridized carbons (Fsp3) is 1.00. The molecule has 0 amide bonds. The second-order valence-electron chi connectivity index (χ2n) is 8.37. The summed E-state index contributed by atoms with van der Waals surface area (Å²) < 4.78 is 0. The number of rotatable bonds is 0. The molecule has 3 aliphatic carbocycles. The van der Waals surface area contributed by atoms with Gasteiger partial charge in [0.15, 0.2) is 0 Å². The lowest BCUT2D eigenvalue weighted by Crippen LogP contribution is -2.43. The van der Waals surface area contributed by atoms with Gasteiger partial charge in [-0.2, -0.15) is 23.5 Å². The SMILES string of the molecule is C1CC2CC3CC4CC5SCCC5CC4CC3CC2S1. The monoisotopic (exact) mass is 308 g/mol. The van der Waals surface area contributed by atoms with Crippen molar-refractivity contribution in [2.45, 2.75) is 61.9 Å². The van der Waals surface area contributed by atoms with E-state index in [4.69, 9.17) is 0 Å². The summed E-state index contributed by atoms with van der Waals surface area (Å²) in [5, 5.41) is 2.15. The van der Waals surface area contributed by atoms with Crippen LogP contribution in [0, 0.1) is 35.5 Å². The summed E-state index contributed by atoms with van der Waals surface area (Å²) in [6.07, 6.45) is 12.8. The smallest absolute Gasteiger partial charge is 0.00784 e. The van der Waals surface area contributed by atoms with E-state index in [9.17, 15) is 0 Å². The highest BCUT2D eigenvalue weighted by molar-refractivity contribution is 8.00. The molecule has 2 saturated heterocycles. The lowest BCUT2D eigenvalue weighted by Gasteiger charge is -2.50. The third-order valence-electron chi connectivity index (χ3n) is 7.52. The van der Waals surface area contributed by atoms with Gasteiger partial charge in [0.2, 0.25) is 0 Å². The van der Waals surface area contributed by atoms with E-state index < -0.39 is 0 Å². The van der Waals surface area contributed by atoms with Gasteiger partial charge >= 0.3 is 0 Å². The van der Waals surface area contributed by atoms with Gasteiger partial charge in [-0.3, -0.25) is 0 Å². The van der Waals surface area contributed by atoms with Crippen molar-refractivity contribution in [1.29, 1.82) is 0 Å². The molecule has 2 heterocycles. The third kappa shape index (κ3) is 2.11. The van der Waals surface area contributed by atoms with E-state index in [-0.39, 0.29) is 0 Å². The molecule has 0 aromatic rings. The Kier molecular flexibility index (Phi) is 3.37. The third-order valence-corrected chi connectivity index (χ3v) is 10.5. The average molecular weight is 309 g/mol. The van der Waals surface area contributed by atoms with Gasteiger partial charge < -0.3 is 0 Å². The summed E-state index contributed by atoms with van der Waals surface area (Å²) in [7, 11) is 0. The Balaban J connectivity index is 1.32. The molecule has 8 atom stereocenters. The van der Waals surface area contributed by atoms with Crippen molar-refractivity contribution in [3.05, 3.63) is 0 Å². The molecule has 2 aliphatic heterocycles. The summed E-state index contributed by atoms with van der Waals surface area (Å²) in [4.78, 5) is 0. The van der Waals surface area contributed by atoms with Crippen molar-refractivity contribution >= 4 is 23.5 Å². The van der Waals surface area contributed by atoms with E-state index in [1.165, 1.54) is 11.5 Å². The van der Waals surface area contributed by atoms with E-state index in [2.05, 4.69) is 23.5 Å². The highest BCUT2D eigenvalue weighted by Gasteiger charge is 2.48. The second-order valence-corrected chi connectivity index (χ2v) is 11.1. The molecule has 20 heavy (non-hydrogen) atoms. The molecule has 5 aliphatic rings. The van der Waals surface area contributed by atoms with Crippen molar-refractivity contribution in [2.75, 3.05) is 11.5 Å². The van der Waals surface area contributed by atoms with E-state index >= 15 is 0 Å². The summed E-state index contributed by atoms with van der Waals surface area (Å²) in [5.74, 6) is 9.73. The molecule has 5 fully saturated rings. The minimum atomic E-state index is 1.08. The Morgan fingerprint density at radius 1 is 0.450 bits per heavy atom. The van der Waals surface area contributed by atoms with Crippen LogP contribution in [0.5, 0.6) is 0 Å². The van der Waals surface area contributed by atoms with Crippen molar-refractivity contribution in [2.24, 2.45) is 35.5 Å². The molecule has 0 spiro atoms. The topological polar surface area (TPSA) is 0 Å². The predicted octanol–water partition coefficient (Wildman–Crippen LogP) is 5.08. The molecule has 8 unspecified atom stereocenters. The van der Waals surface area contributed by atoms with Gasteiger partial charge in [0.25, 0.3) is 0 Å². The molecule has 0 nitrogen and oxygen atoms in total. The van der Waals surface area contributed by atoms with Crippen LogP contribution < -0.4 is 0 Å². The van der Waals surface area contributed by atoms with Crippen LogP contribution in [0.2, 0.25) is 0 Å². The Labute approximate surface area is 132 Å². The van der Waals surface area contributed by atoms with Crippen molar-refractivity contribution < 1.29 is 0 Å². The van der Waals surface area contributed by atoms with Gasteiger partial charge in [0.1, 0.15) is 0 Å². The number of fused-ring (bicyclic) bond motifs is 4. The maximum absolute atomic E-state index is 2.32. The molecule has 0 radical (unpaired) electrons. The lowest BCUT2D eigenvalue weighted by atomic mass is 9.57. The molecule has 112 valence electrons. The van der Waals surface area contributed by atoms with E-state index in [0.717, 1.165) is 46.0 Å². The Morgan fingerprint density at radius 2 is 0.850 bits per heavy atom. The summed E-state index contributed by atoms with van der Waals surface area (Å²) in [6.45, 7) is 0. The molecule has 2 heteroatoms. The highest BCUT2D eigenvalue weighted by Crippen LogP contribution is 2.58. The first kappa shape index (κ1) is 13.2. The van der Waals surface area contributed by atoms with Crippen molar-refractivity contribution in [1.82, 2.24) is 0 Å². The first-order chi connectivity index (χ1) is 9.87. The van der Waals surface area contributed by atoms with Crippen LogP contribution >= 0.6 is 23.5 Å². The van der Waals surface area contributed by atoms with E-state index in [1.54, 1.807) is 51.4 Å². The van der Waals surface area contributed by atoms with Crippen LogP contribution in [0.3, 0.4) is 0 Å². The number of thioether (sulfide) groups is 2. The van der Waals surface area contributed by atoms with Crippen molar-refractivity contribution in [3.8, 4) is 0 Å². The van der Waals surface area contributed by atoms with Crippen LogP contribution in [0.15, 0.2) is 0 Å². The fourth-order valence-corrected chi connectivity index (χ4v) is 9.81.